The van der Waals surface area contributed by atoms with Crippen LogP contribution in [0.25, 0.3) is 0 Å². The summed E-state index contributed by atoms with van der Waals surface area (Å²) in [5.41, 5.74) is 1.07. The third-order valence-corrected chi connectivity index (χ3v) is 6.69. The van der Waals surface area contributed by atoms with Crippen molar-refractivity contribution in [2.75, 3.05) is 40.9 Å². The third kappa shape index (κ3) is 3.70. The molecule has 0 aliphatic carbocycles. The molecule has 0 bridgehead atoms. The van der Waals surface area contributed by atoms with Crippen molar-refractivity contribution in [3.05, 3.63) is 54.1 Å². The minimum Gasteiger partial charge on any atom is -0.497 e. The van der Waals surface area contributed by atoms with Crippen LogP contribution in [0, 0.1) is 0 Å². The number of likely N-dealkylation sites (N-methyl/N-ethyl adjacent to an activating group) is 1. The van der Waals surface area contributed by atoms with Crippen molar-refractivity contribution in [1.82, 2.24) is 9.21 Å². The van der Waals surface area contributed by atoms with Crippen LogP contribution in [-0.2, 0) is 10.0 Å². The average Bonchev–Trinajstić information content (AvgIpc) is 2.68. The van der Waals surface area contributed by atoms with Gasteiger partial charge in [-0.1, -0.05) is 12.1 Å². The molecule has 0 spiro atoms. The zero-order valence-electron chi connectivity index (χ0n) is 15.3. The van der Waals surface area contributed by atoms with E-state index in [0.29, 0.717) is 25.4 Å². The number of ether oxygens (including phenoxy) is 2. The molecule has 1 heterocycles. The van der Waals surface area contributed by atoms with Crippen LogP contribution >= 0.6 is 0 Å². The molecule has 26 heavy (non-hydrogen) atoms. The molecule has 3 rings (SSSR count). The van der Waals surface area contributed by atoms with Gasteiger partial charge in [-0.05, 0) is 49.0 Å². The lowest BCUT2D eigenvalue weighted by Gasteiger charge is -2.39. The Morgan fingerprint density at radius 2 is 1.42 bits per heavy atom. The summed E-state index contributed by atoms with van der Waals surface area (Å²) < 4.78 is 37.9. The van der Waals surface area contributed by atoms with Gasteiger partial charge in [0.2, 0.25) is 10.0 Å². The molecule has 1 fully saturated rings. The first-order chi connectivity index (χ1) is 12.5. The first-order valence-electron chi connectivity index (χ1n) is 8.44. The summed E-state index contributed by atoms with van der Waals surface area (Å²) in [6, 6.07) is 14.3. The molecule has 140 valence electrons. The summed E-state index contributed by atoms with van der Waals surface area (Å²) >= 11 is 0. The van der Waals surface area contributed by atoms with E-state index in [4.69, 9.17) is 9.47 Å². The maximum absolute atomic E-state index is 13.0. The second-order valence-electron chi connectivity index (χ2n) is 6.31. The summed E-state index contributed by atoms with van der Waals surface area (Å²) in [6.45, 7) is 1.56. The molecule has 1 saturated heterocycles. The van der Waals surface area contributed by atoms with E-state index in [1.54, 1.807) is 42.8 Å². The molecule has 1 aliphatic rings. The van der Waals surface area contributed by atoms with Crippen molar-refractivity contribution in [1.29, 1.82) is 0 Å². The Morgan fingerprint density at radius 3 is 1.96 bits per heavy atom. The van der Waals surface area contributed by atoms with Crippen LogP contribution in [0.1, 0.15) is 11.6 Å². The van der Waals surface area contributed by atoms with E-state index < -0.39 is 10.0 Å². The van der Waals surface area contributed by atoms with E-state index in [-0.39, 0.29) is 10.9 Å². The van der Waals surface area contributed by atoms with Crippen LogP contribution < -0.4 is 9.47 Å². The number of methoxy groups -OCH3 is 2. The molecule has 2 aromatic rings. The minimum atomic E-state index is -3.54. The highest BCUT2D eigenvalue weighted by molar-refractivity contribution is 7.89. The number of hydrogen-bond donors (Lipinski definition) is 0. The van der Waals surface area contributed by atoms with Gasteiger partial charge in [0.25, 0.3) is 0 Å². The number of hydrogen-bond acceptors (Lipinski definition) is 5. The third-order valence-electron chi connectivity index (χ3n) is 4.81. The summed E-state index contributed by atoms with van der Waals surface area (Å²) in [5.74, 6) is 1.42. The normalized spacial score (nSPS) is 19.3. The van der Waals surface area contributed by atoms with Crippen molar-refractivity contribution < 1.29 is 17.9 Å². The van der Waals surface area contributed by atoms with E-state index in [0.717, 1.165) is 11.3 Å². The second kappa shape index (κ2) is 7.65. The Labute approximate surface area is 155 Å². The standard InChI is InChI=1S/C19H24N2O4S/c1-20-12-13-21(14-19(20)15-4-6-16(24-2)7-5-15)26(22,23)18-10-8-17(25-3)9-11-18/h4-11,19H,12-14H2,1-3H3/t19-/m1/s1. The Kier molecular flexibility index (Phi) is 5.50. The van der Waals surface area contributed by atoms with Crippen molar-refractivity contribution in [3.63, 3.8) is 0 Å². The van der Waals surface area contributed by atoms with Gasteiger partial charge < -0.3 is 9.47 Å². The SMILES string of the molecule is COc1ccc([C@H]2CN(S(=O)(=O)c3ccc(OC)cc3)CCN2C)cc1. The van der Waals surface area contributed by atoms with E-state index in [2.05, 4.69) is 4.90 Å². The monoisotopic (exact) mass is 376 g/mol. The van der Waals surface area contributed by atoms with E-state index in [1.807, 2.05) is 31.3 Å². The fourth-order valence-corrected chi connectivity index (χ4v) is 4.59. The maximum Gasteiger partial charge on any atom is 0.243 e. The lowest BCUT2D eigenvalue weighted by Crippen LogP contribution is -2.48. The summed E-state index contributed by atoms with van der Waals surface area (Å²) in [4.78, 5) is 2.47. The summed E-state index contributed by atoms with van der Waals surface area (Å²) in [6.07, 6.45) is 0. The molecular formula is C19H24N2O4S. The summed E-state index contributed by atoms with van der Waals surface area (Å²) in [7, 11) is 1.67. The predicted octanol–water partition coefficient (Wildman–Crippen LogP) is 2.38. The van der Waals surface area contributed by atoms with Gasteiger partial charge in [0.15, 0.2) is 0 Å². The first kappa shape index (κ1) is 18.7. The van der Waals surface area contributed by atoms with E-state index >= 15 is 0 Å². The van der Waals surface area contributed by atoms with Gasteiger partial charge >= 0.3 is 0 Å². The fourth-order valence-electron chi connectivity index (χ4n) is 3.15. The highest BCUT2D eigenvalue weighted by Gasteiger charge is 2.33. The maximum atomic E-state index is 13.0. The van der Waals surface area contributed by atoms with Crippen molar-refractivity contribution in [2.45, 2.75) is 10.9 Å². The van der Waals surface area contributed by atoms with Crippen molar-refractivity contribution >= 4 is 10.0 Å². The highest BCUT2D eigenvalue weighted by Crippen LogP contribution is 2.29. The van der Waals surface area contributed by atoms with Gasteiger partial charge in [-0.3, -0.25) is 4.90 Å². The predicted molar refractivity (Wildman–Crippen MR) is 100 cm³/mol. The molecule has 1 atom stereocenters. The molecule has 0 N–H and O–H groups in total. The van der Waals surface area contributed by atoms with Crippen LogP contribution in [0.5, 0.6) is 11.5 Å². The quantitative estimate of drug-likeness (QED) is 0.802. The van der Waals surface area contributed by atoms with Crippen LogP contribution in [0.15, 0.2) is 53.4 Å². The Balaban J connectivity index is 1.83. The van der Waals surface area contributed by atoms with Gasteiger partial charge in [-0.2, -0.15) is 4.31 Å². The number of piperazine rings is 1. The smallest absolute Gasteiger partial charge is 0.243 e. The van der Waals surface area contributed by atoms with Gasteiger partial charge in [0.05, 0.1) is 19.1 Å². The molecule has 1 aliphatic heterocycles. The molecule has 0 unspecified atom stereocenters. The molecular weight excluding hydrogens is 352 g/mol. The van der Waals surface area contributed by atoms with Gasteiger partial charge in [0, 0.05) is 25.7 Å². The van der Waals surface area contributed by atoms with Crippen LogP contribution in [0.3, 0.4) is 0 Å². The lowest BCUT2D eigenvalue weighted by molar-refractivity contribution is 0.148. The number of benzene rings is 2. The Morgan fingerprint density at radius 1 is 0.885 bits per heavy atom. The number of rotatable bonds is 5. The van der Waals surface area contributed by atoms with Crippen molar-refractivity contribution in [2.24, 2.45) is 0 Å². The molecule has 7 heteroatoms. The lowest BCUT2D eigenvalue weighted by atomic mass is 10.0. The molecule has 0 radical (unpaired) electrons. The molecule has 6 nitrogen and oxygen atoms in total. The minimum absolute atomic E-state index is 0.00248. The number of sulfonamides is 1. The molecule has 0 aromatic heterocycles. The molecule has 2 aromatic carbocycles. The summed E-state index contributed by atoms with van der Waals surface area (Å²) in [5, 5.41) is 0. The zero-order valence-corrected chi connectivity index (χ0v) is 16.1. The largest absolute Gasteiger partial charge is 0.497 e. The molecule has 0 saturated carbocycles. The van der Waals surface area contributed by atoms with Crippen LogP contribution in [-0.4, -0.2) is 58.5 Å². The van der Waals surface area contributed by atoms with E-state index in [9.17, 15) is 8.42 Å². The number of nitrogens with zero attached hydrogens (tertiary/aromatic N) is 2. The van der Waals surface area contributed by atoms with Gasteiger partial charge in [-0.15, -0.1) is 0 Å². The second-order valence-corrected chi connectivity index (χ2v) is 8.25. The first-order valence-corrected chi connectivity index (χ1v) is 9.88. The van der Waals surface area contributed by atoms with Gasteiger partial charge in [0.1, 0.15) is 11.5 Å². The fraction of sp³-hybridized carbons (Fsp3) is 0.368. The van der Waals surface area contributed by atoms with Crippen molar-refractivity contribution in [3.8, 4) is 11.5 Å². The highest BCUT2D eigenvalue weighted by atomic mass is 32.2. The van der Waals surface area contributed by atoms with Crippen LogP contribution in [0.4, 0.5) is 0 Å². The average molecular weight is 376 g/mol. The Hall–Kier alpha value is -2.09. The Bertz CT molecular complexity index is 835. The van der Waals surface area contributed by atoms with E-state index in [1.165, 1.54) is 0 Å². The van der Waals surface area contributed by atoms with Crippen LogP contribution in [0.2, 0.25) is 0 Å². The zero-order chi connectivity index (χ0) is 18.7. The topological polar surface area (TPSA) is 59.1 Å². The molecule has 0 amide bonds. The van der Waals surface area contributed by atoms with Gasteiger partial charge in [-0.25, -0.2) is 8.42 Å².